The Hall–Kier alpha value is -1.66. The molecule has 2 aromatic heterocycles. The Kier molecular flexibility index (Phi) is 5.03. The maximum absolute atomic E-state index is 12.7. The van der Waals surface area contributed by atoms with E-state index in [-0.39, 0.29) is 18.3 Å². The molecule has 0 unspecified atom stereocenters. The van der Waals surface area contributed by atoms with E-state index in [1.54, 1.807) is 4.90 Å². The van der Waals surface area contributed by atoms with Crippen LogP contribution in [0.2, 0.25) is 0 Å². The fourth-order valence-electron chi connectivity index (χ4n) is 2.46. The molecule has 3 rings (SSSR count). The van der Waals surface area contributed by atoms with Gasteiger partial charge in [-0.2, -0.15) is 0 Å². The number of hydrogen-bond donors (Lipinski definition) is 1. The number of rotatable bonds is 5. The average Bonchev–Trinajstić information content (AvgIpc) is 3.27. The predicted molar refractivity (Wildman–Crippen MR) is 86.7 cm³/mol. The number of carbonyl (C=O) groups is 1. The zero-order chi connectivity index (χ0) is 15.0. The molecule has 7 heteroatoms. The number of likely N-dealkylation sites (N-methyl/N-ethyl adjacent to an activating group) is 2. The summed E-state index contributed by atoms with van der Waals surface area (Å²) in [6, 6.07) is 1.92. The molecule has 0 atom stereocenters. The summed E-state index contributed by atoms with van der Waals surface area (Å²) in [4.78, 5) is 18.9. The van der Waals surface area contributed by atoms with Gasteiger partial charge in [-0.15, -0.1) is 12.4 Å². The lowest BCUT2D eigenvalue weighted by molar-refractivity contribution is 0.0798. The summed E-state index contributed by atoms with van der Waals surface area (Å²) in [6.07, 6.45) is 2.27. The van der Waals surface area contributed by atoms with E-state index in [1.807, 2.05) is 27.1 Å². The largest absolute Gasteiger partial charge is 0.340 e. The maximum Gasteiger partial charge on any atom is 0.259 e. The van der Waals surface area contributed by atoms with Gasteiger partial charge in [-0.05, 0) is 32.9 Å². The molecule has 120 valence electrons. The number of aromatic nitrogens is 2. The van der Waals surface area contributed by atoms with Gasteiger partial charge in [-0.3, -0.25) is 4.79 Å². The van der Waals surface area contributed by atoms with E-state index in [2.05, 4.69) is 15.5 Å². The monoisotopic (exact) mass is 324 g/mol. The average molecular weight is 325 g/mol. The fourth-order valence-corrected chi connectivity index (χ4v) is 2.46. The van der Waals surface area contributed by atoms with Gasteiger partial charge in [-0.1, -0.05) is 5.16 Å². The summed E-state index contributed by atoms with van der Waals surface area (Å²) in [5, 5.41) is 7.75. The van der Waals surface area contributed by atoms with Crippen LogP contribution in [0.4, 0.5) is 0 Å². The Morgan fingerprint density at radius 1 is 1.50 bits per heavy atom. The van der Waals surface area contributed by atoms with E-state index in [0.717, 1.165) is 30.5 Å². The van der Waals surface area contributed by atoms with Crippen LogP contribution in [-0.4, -0.2) is 48.1 Å². The highest BCUT2D eigenvalue weighted by atomic mass is 35.5. The molecule has 0 bridgehead atoms. The van der Waals surface area contributed by atoms with Crippen molar-refractivity contribution >= 4 is 29.4 Å². The third-order valence-electron chi connectivity index (χ3n) is 3.91. The van der Waals surface area contributed by atoms with Crippen molar-refractivity contribution in [1.29, 1.82) is 0 Å². The van der Waals surface area contributed by atoms with Gasteiger partial charge < -0.3 is 14.7 Å². The second-order valence-electron chi connectivity index (χ2n) is 5.65. The lowest BCUT2D eigenvalue weighted by atomic mass is 10.1. The standard InChI is InChI=1S/C15H20N4O2.ClH/c1-9-13-11(15(20)19(3)7-6-16-2)8-12(10-4-5-10)17-14(13)21-18-9;/h8,10,16H,4-7H2,1-3H3;1H. The topological polar surface area (TPSA) is 71.3 Å². The van der Waals surface area contributed by atoms with Gasteiger partial charge in [0.25, 0.3) is 11.6 Å². The molecule has 1 N–H and O–H groups in total. The number of nitrogens with zero attached hydrogens (tertiary/aromatic N) is 3. The van der Waals surface area contributed by atoms with E-state index < -0.39 is 0 Å². The van der Waals surface area contributed by atoms with Crippen molar-refractivity contribution in [2.75, 3.05) is 27.2 Å². The van der Waals surface area contributed by atoms with Gasteiger partial charge in [0.2, 0.25) is 0 Å². The molecular formula is C15H21ClN4O2. The van der Waals surface area contributed by atoms with Crippen LogP contribution in [0.15, 0.2) is 10.6 Å². The minimum atomic E-state index is -0.00847. The van der Waals surface area contributed by atoms with Crippen LogP contribution >= 0.6 is 12.4 Å². The maximum atomic E-state index is 12.7. The van der Waals surface area contributed by atoms with Crippen LogP contribution in [0, 0.1) is 6.92 Å². The second-order valence-corrected chi connectivity index (χ2v) is 5.65. The van der Waals surface area contributed by atoms with Crippen molar-refractivity contribution in [3.63, 3.8) is 0 Å². The van der Waals surface area contributed by atoms with E-state index >= 15 is 0 Å². The van der Waals surface area contributed by atoms with Crippen molar-refractivity contribution < 1.29 is 9.32 Å². The van der Waals surface area contributed by atoms with Crippen molar-refractivity contribution in [1.82, 2.24) is 20.4 Å². The van der Waals surface area contributed by atoms with Gasteiger partial charge in [0, 0.05) is 31.7 Å². The van der Waals surface area contributed by atoms with E-state index in [0.29, 0.717) is 29.4 Å². The van der Waals surface area contributed by atoms with Gasteiger partial charge in [0.15, 0.2) is 0 Å². The number of carbonyl (C=O) groups excluding carboxylic acids is 1. The van der Waals surface area contributed by atoms with E-state index in [9.17, 15) is 4.79 Å². The smallest absolute Gasteiger partial charge is 0.259 e. The predicted octanol–water partition coefficient (Wildman–Crippen LogP) is 2.12. The molecule has 6 nitrogen and oxygen atoms in total. The normalized spacial score (nSPS) is 14.0. The minimum Gasteiger partial charge on any atom is -0.340 e. The second kappa shape index (κ2) is 6.62. The molecule has 1 aliphatic carbocycles. The molecule has 1 fully saturated rings. The highest BCUT2D eigenvalue weighted by Crippen LogP contribution is 2.40. The van der Waals surface area contributed by atoms with Gasteiger partial charge in [0.1, 0.15) is 0 Å². The number of nitrogens with one attached hydrogen (secondary N) is 1. The summed E-state index contributed by atoms with van der Waals surface area (Å²) < 4.78 is 5.27. The van der Waals surface area contributed by atoms with Crippen LogP contribution in [0.25, 0.3) is 11.1 Å². The zero-order valence-electron chi connectivity index (χ0n) is 13.0. The molecule has 0 aromatic carbocycles. The molecule has 1 saturated carbocycles. The molecule has 1 aliphatic rings. The summed E-state index contributed by atoms with van der Waals surface area (Å²) in [5.41, 5.74) is 2.79. The third kappa shape index (κ3) is 3.08. The molecule has 0 radical (unpaired) electrons. The Morgan fingerprint density at radius 3 is 2.86 bits per heavy atom. The number of hydrogen-bond acceptors (Lipinski definition) is 5. The van der Waals surface area contributed by atoms with Gasteiger partial charge >= 0.3 is 0 Å². The molecule has 1 amide bonds. The summed E-state index contributed by atoms with van der Waals surface area (Å²) in [7, 11) is 3.68. The van der Waals surface area contributed by atoms with Crippen LogP contribution in [-0.2, 0) is 0 Å². The Morgan fingerprint density at radius 2 is 2.23 bits per heavy atom. The lowest BCUT2D eigenvalue weighted by Crippen LogP contribution is -2.33. The Labute approximate surface area is 135 Å². The van der Waals surface area contributed by atoms with E-state index in [1.165, 1.54) is 0 Å². The summed E-state index contributed by atoms with van der Waals surface area (Å²) >= 11 is 0. The van der Waals surface area contributed by atoms with Gasteiger partial charge in [0.05, 0.1) is 16.6 Å². The number of aryl methyl sites for hydroxylation is 1. The first-order valence-electron chi connectivity index (χ1n) is 7.28. The lowest BCUT2D eigenvalue weighted by Gasteiger charge is -2.17. The molecule has 0 saturated heterocycles. The SMILES string of the molecule is CNCCN(C)C(=O)c1cc(C2CC2)nc2onc(C)c12.Cl. The van der Waals surface area contributed by atoms with Gasteiger partial charge in [-0.25, -0.2) is 4.98 Å². The number of pyridine rings is 1. The van der Waals surface area contributed by atoms with Crippen LogP contribution in [0.5, 0.6) is 0 Å². The van der Waals surface area contributed by atoms with Crippen LogP contribution < -0.4 is 5.32 Å². The fraction of sp³-hybridized carbons (Fsp3) is 0.533. The quantitative estimate of drug-likeness (QED) is 0.912. The molecule has 0 spiro atoms. The van der Waals surface area contributed by atoms with Crippen LogP contribution in [0.1, 0.15) is 40.5 Å². The number of fused-ring (bicyclic) bond motifs is 1. The van der Waals surface area contributed by atoms with E-state index in [4.69, 9.17) is 4.52 Å². The molecule has 22 heavy (non-hydrogen) atoms. The van der Waals surface area contributed by atoms with Crippen LogP contribution in [0.3, 0.4) is 0 Å². The molecule has 0 aliphatic heterocycles. The van der Waals surface area contributed by atoms with Crippen molar-refractivity contribution in [2.45, 2.75) is 25.7 Å². The highest BCUT2D eigenvalue weighted by molar-refractivity contribution is 6.06. The van der Waals surface area contributed by atoms with Crippen molar-refractivity contribution in [3.8, 4) is 0 Å². The zero-order valence-corrected chi connectivity index (χ0v) is 13.9. The minimum absolute atomic E-state index is 0. The Bertz CT molecular complexity index is 681. The molecule has 2 heterocycles. The summed E-state index contributed by atoms with van der Waals surface area (Å²) in [6.45, 7) is 3.26. The first-order chi connectivity index (χ1) is 10.1. The Balaban J connectivity index is 0.00000176. The molecular weight excluding hydrogens is 304 g/mol. The van der Waals surface area contributed by atoms with Crippen molar-refractivity contribution in [3.05, 3.63) is 23.0 Å². The third-order valence-corrected chi connectivity index (χ3v) is 3.91. The summed E-state index contributed by atoms with van der Waals surface area (Å²) in [5.74, 6) is 0.458. The molecule has 2 aromatic rings. The number of amides is 1. The number of halogens is 1. The highest BCUT2D eigenvalue weighted by Gasteiger charge is 2.29. The first-order valence-corrected chi connectivity index (χ1v) is 7.28. The first kappa shape index (κ1) is 16.7. The van der Waals surface area contributed by atoms with Crippen molar-refractivity contribution in [2.24, 2.45) is 0 Å².